The predicted octanol–water partition coefficient (Wildman–Crippen LogP) is 2.22. The summed E-state index contributed by atoms with van der Waals surface area (Å²) in [5.74, 6) is 0. The van der Waals surface area contributed by atoms with E-state index in [1.807, 2.05) is 11.7 Å². The Morgan fingerprint density at radius 3 is 2.62 bits per heavy atom. The van der Waals surface area contributed by atoms with Gasteiger partial charge >= 0.3 is 0 Å². The average molecular weight is 315 g/mol. The molecule has 1 N–H and O–H groups in total. The molecule has 1 aromatic heterocycles. The van der Waals surface area contributed by atoms with E-state index in [0.29, 0.717) is 0 Å². The van der Waals surface area contributed by atoms with Crippen molar-refractivity contribution in [2.75, 3.05) is 32.8 Å². The van der Waals surface area contributed by atoms with Crippen molar-refractivity contribution in [1.29, 1.82) is 0 Å². The Morgan fingerprint density at radius 2 is 2.10 bits per heavy atom. The first-order chi connectivity index (χ1) is 9.98. The van der Waals surface area contributed by atoms with Gasteiger partial charge in [-0.15, -0.1) is 0 Å². The van der Waals surface area contributed by atoms with E-state index in [4.69, 9.17) is 16.3 Å². The molecule has 1 atom stereocenters. The number of nitrogens with one attached hydrogen (secondary N) is 1. The molecule has 1 unspecified atom stereocenters. The number of hydrogen-bond donors (Lipinski definition) is 1. The predicted molar refractivity (Wildman–Crippen MR) is 85.7 cm³/mol. The standard InChI is InChI=1S/C15H27ClN4O/c1-5-6-17-14(13-12(16)11-18-19(13)4)15(2,3)20-7-9-21-10-8-20/h11,14,17H,5-10H2,1-4H3. The van der Waals surface area contributed by atoms with Crippen LogP contribution in [-0.4, -0.2) is 53.1 Å². The quantitative estimate of drug-likeness (QED) is 0.874. The highest BCUT2D eigenvalue weighted by molar-refractivity contribution is 6.31. The van der Waals surface area contributed by atoms with Gasteiger partial charge in [0.15, 0.2) is 0 Å². The van der Waals surface area contributed by atoms with Crippen molar-refractivity contribution >= 4 is 11.6 Å². The fourth-order valence-electron chi connectivity index (χ4n) is 3.04. The molecule has 0 saturated carbocycles. The van der Waals surface area contributed by atoms with E-state index < -0.39 is 0 Å². The van der Waals surface area contributed by atoms with Crippen molar-refractivity contribution in [3.63, 3.8) is 0 Å². The summed E-state index contributed by atoms with van der Waals surface area (Å²) in [6.45, 7) is 11.2. The first-order valence-corrected chi connectivity index (χ1v) is 8.09. The molecule has 21 heavy (non-hydrogen) atoms. The Bertz CT molecular complexity index is 435. The van der Waals surface area contributed by atoms with Crippen molar-refractivity contribution in [3.8, 4) is 0 Å². The highest BCUT2D eigenvalue weighted by atomic mass is 35.5. The van der Waals surface area contributed by atoms with Gasteiger partial charge in [0, 0.05) is 25.7 Å². The van der Waals surface area contributed by atoms with Gasteiger partial charge in [0.1, 0.15) is 0 Å². The Kier molecular flexibility index (Phi) is 5.66. The Labute approximate surface area is 132 Å². The second kappa shape index (κ2) is 7.09. The molecule has 0 bridgehead atoms. The summed E-state index contributed by atoms with van der Waals surface area (Å²) in [5, 5.41) is 8.70. The summed E-state index contributed by atoms with van der Waals surface area (Å²) in [5.41, 5.74) is 0.998. The summed E-state index contributed by atoms with van der Waals surface area (Å²) in [6.07, 6.45) is 2.82. The number of morpholine rings is 1. The summed E-state index contributed by atoms with van der Waals surface area (Å²) < 4.78 is 7.37. The summed E-state index contributed by atoms with van der Waals surface area (Å²) in [6, 6.07) is 0.135. The van der Waals surface area contributed by atoms with Crippen LogP contribution in [0.15, 0.2) is 6.20 Å². The fourth-order valence-corrected chi connectivity index (χ4v) is 3.31. The van der Waals surface area contributed by atoms with Gasteiger partial charge in [-0.3, -0.25) is 9.58 Å². The zero-order chi connectivity index (χ0) is 15.5. The third kappa shape index (κ3) is 3.59. The van der Waals surface area contributed by atoms with Crippen molar-refractivity contribution < 1.29 is 4.74 Å². The van der Waals surface area contributed by atoms with E-state index in [0.717, 1.165) is 50.0 Å². The maximum Gasteiger partial charge on any atom is 0.0834 e. The van der Waals surface area contributed by atoms with Crippen LogP contribution in [0.4, 0.5) is 0 Å². The van der Waals surface area contributed by atoms with Crippen LogP contribution in [0.1, 0.15) is 38.9 Å². The van der Waals surface area contributed by atoms with Gasteiger partial charge in [-0.2, -0.15) is 5.10 Å². The molecule has 1 fully saturated rings. The highest BCUT2D eigenvalue weighted by Crippen LogP contribution is 2.34. The second-order valence-corrected chi connectivity index (χ2v) is 6.55. The van der Waals surface area contributed by atoms with Crippen molar-refractivity contribution in [2.45, 2.75) is 38.8 Å². The van der Waals surface area contributed by atoms with E-state index >= 15 is 0 Å². The number of halogens is 1. The zero-order valence-corrected chi connectivity index (χ0v) is 14.3. The minimum atomic E-state index is -0.0591. The average Bonchev–Trinajstić information content (AvgIpc) is 2.80. The molecule has 2 rings (SSSR count). The molecule has 5 nitrogen and oxygen atoms in total. The minimum absolute atomic E-state index is 0.0591. The molecule has 6 heteroatoms. The van der Waals surface area contributed by atoms with Crippen molar-refractivity contribution in [2.24, 2.45) is 7.05 Å². The Morgan fingerprint density at radius 1 is 1.43 bits per heavy atom. The zero-order valence-electron chi connectivity index (χ0n) is 13.5. The normalized spacial score (nSPS) is 18.9. The molecule has 0 aromatic carbocycles. The molecule has 1 aliphatic rings. The van der Waals surface area contributed by atoms with Crippen LogP contribution < -0.4 is 5.32 Å². The molecule has 0 radical (unpaired) electrons. The molecule has 1 aromatic rings. The van der Waals surface area contributed by atoms with Crippen LogP contribution >= 0.6 is 11.6 Å². The third-order valence-electron chi connectivity index (χ3n) is 4.34. The van der Waals surface area contributed by atoms with E-state index in [9.17, 15) is 0 Å². The lowest BCUT2D eigenvalue weighted by Crippen LogP contribution is -2.56. The molecule has 0 amide bonds. The topological polar surface area (TPSA) is 42.3 Å². The molecule has 1 aliphatic heterocycles. The first kappa shape index (κ1) is 16.7. The van der Waals surface area contributed by atoms with Gasteiger partial charge in [0.25, 0.3) is 0 Å². The Balaban J connectivity index is 2.29. The second-order valence-electron chi connectivity index (χ2n) is 6.14. The van der Waals surface area contributed by atoms with Crippen LogP contribution in [-0.2, 0) is 11.8 Å². The molecular weight excluding hydrogens is 288 g/mol. The molecule has 0 spiro atoms. The van der Waals surface area contributed by atoms with E-state index in [1.54, 1.807) is 6.20 Å². The molecule has 120 valence electrons. The van der Waals surface area contributed by atoms with Crippen LogP contribution in [0, 0.1) is 0 Å². The van der Waals surface area contributed by atoms with E-state index in [2.05, 4.69) is 36.1 Å². The largest absolute Gasteiger partial charge is 0.379 e. The van der Waals surface area contributed by atoms with Crippen LogP contribution in [0.25, 0.3) is 0 Å². The highest BCUT2D eigenvalue weighted by Gasteiger charge is 2.39. The maximum absolute atomic E-state index is 6.40. The lowest BCUT2D eigenvalue weighted by atomic mass is 9.89. The van der Waals surface area contributed by atoms with Crippen LogP contribution in [0.3, 0.4) is 0 Å². The Hall–Kier alpha value is -0.620. The number of ether oxygens (including phenoxy) is 1. The minimum Gasteiger partial charge on any atom is -0.379 e. The smallest absolute Gasteiger partial charge is 0.0834 e. The van der Waals surface area contributed by atoms with E-state index in [1.165, 1.54) is 0 Å². The lowest BCUT2D eigenvalue weighted by Gasteiger charge is -2.46. The summed E-state index contributed by atoms with van der Waals surface area (Å²) in [4.78, 5) is 2.48. The molecule has 2 heterocycles. The van der Waals surface area contributed by atoms with Gasteiger partial charge in [0.05, 0.1) is 36.2 Å². The van der Waals surface area contributed by atoms with Crippen molar-refractivity contribution in [1.82, 2.24) is 20.0 Å². The van der Waals surface area contributed by atoms with Crippen LogP contribution in [0.5, 0.6) is 0 Å². The van der Waals surface area contributed by atoms with Crippen molar-refractivity contribution in [3.05, 3.63) is 16.9 Å². The first-order valence-electron chi connectivity index (χ1n) is 7.72. The molecular formula is C15H27ClN4O. The SMILES string of the molecule is CCCNC(c1c(Cl)cnn1C)C(C)(C)N1CCOCC1. The number of aryl methyl sites for hydroxylation is 1. The third-order valence-corrected chi connectivity index (χ3v) is 4.63. The number of aromatic nitrogens is 2. The fraction of sp³-hybridized carbons (Fsp3) is 0.800. The van der Waals surface area contributed by atoms with Crippen LogP contribution in [0.2, 0.25) is 5.02 Å². The van der Waals surface area contributed by atoms with Gasteiger partial charge in [-0.25, -0.2) is 0 Å². The monoisotopic (exact) mass is 314 g/mol. The number of hydrogen-bond acceptors (Lipinski definition) is 4. The van der Waals surface area contributed by atoms with Gasteiger partial charge in [-0.1, -0.05) is 18.5 Å². The van der Waals surface area contributed by atoms with Gasteiger partial charge in [-0.05, 0) is 26.8 Å². The van der Waals surface area contributed by atoms with Gasteiger partial charge in [0.2, 0.25) is 0 Å². The molecule has 1 saturated heterocycles. The van der Waals surface area contributed by atoms with E-state index in [-0.39, 0.29) is 11.6 Å². The van der Waals surface area contributed by atoms with Gasteiger partial charge < -0.3 is 10.1 Å². The molecule has 0 aliphatic carbocycles. The lowest BCUT2D eigenvalue weighted by molar-refractivity contribution is -0.0247. The maximum atomic E-state index is 6.40. The summed E-state index contributed by atoms with van der Waals surface area (Å²) in [7, 11) is 1.96. The number of nitrogens with zero attached hydrogens (tertiary/aromatic N) is 3. The number of rotatable bonds is 6. The summed E-state index contributed by atoms with van der Waals surface area (Å²) >= 11 is 6.40.